The number of amides is 2. The molecule has 1 atom stereocenters. The summed E-state index contributed by atoms with van der Waals surface area (Å²) in [4.78, 5) is 24.2. The Morgan fingerprint density at radius 1 is 1.57 bits per heavy atom. The van der Waals surface area contributed by atoms with Crippen molar-refractivity contribution in [2.24, 2.45) is 5.92 Å². The first kappa shape index (κ1) is 9.49. The van der Waals surface area contributed by atoms with E-state index in [0.29, 0.717) is 13.0 Å². The second kappa shape index (κ2) is 3.59. The van der Waals surface area contributed by atoms with Gasteiger partial charge < -0.3 is 10.2 Å². The van der Waals surface area contributed by atoms with Gasteiger partial charge in [0.1, 0.15) is 0 Å². The second-order valence-corrected chi connectivity index (χ2v) is 4.34. The molecular formula is C10H16N2O2. The number of likely N-dealkylation sites (tertiary alicyclic amines) is 1. The normalized spacial score (nSPS) is 26.8. The van der Waals surface area contributed by atoms with Gasteiger partial charge in [0.2, 0.25) is 11.8 Å². The van der Waals surface area contributed by atoms with Crippen LogP contribution in [0, 0.1) is 5.92 Å². The molecule has 2 rings (SSSR count). The summed E-state index contributed by atoms with van der Waals surface area (Å²) in [5.74, 6) is 0.877. The number of hydrogen-bond donors (Lipinski definition) is 1. The van der Waals surface area contributed by atoms with Crippen LogP contribution in [-0.4, -0.2) is 35.8 Å². The second-order valence-electron chi connectivity index (χ2n) is 4.34. The van der Waals surface area contributed by atoms with Crippen LogP contribution in [0.1, 0.15) is 26.2 Å². The average Bonchev–Trinajstić information content (AvgIpc) is 2.79. The largest absolute Gasteiger partial charge is 0.351 e. The summed E-state index contributed by atoms with van der Waals surface area (Å²) in [6, 6.07) is 0.0405. The molecule has 14 heavy (non-hydrogen) atoms. The lowest BCUT2D eigenvalue weighted by molar-refractivity contribution is -0.127. The molecule has 0 aromatic carbocycles. The summed E-state index contributed by atoms with van der Waals surface area (Å²) in [7, 11) is 0. The van der Waals surface area contributed by atoms with E-state index in [-0.39, 0.29) is 17.9 Å². The van der Waals surface area contributed by atoms with E-state index >= 15 is 0 Å². The van der Waals surface area contributed by atoms with E-state index in [2.05, 4.69) is 5.32 Å². The molecule has 1 saturated carbocycles. The highest BCUT2D eigenvalue weighted by atomic mass is 16.2. The zero-order valence-electron chi connectivity index (χ0n) is 8.45. The predicted molar refractivity (Wildman–Crippen MR) is 51.5 cm³/mol. The molecule has 0 spiro atoms. The highest BCUT2D eigenvalue weighted by molar-refractivity contribution is 5.81. The van der Waals surface area contributed by atoms with Crippen molar-refractivity contribution in [3.63, 3.8) is 0 Å². The third-order valence-electron chi connectivity index (χ3n) is 2.80. The third kappa shape index (κ3) is 2.25. The smallest absolute Gasteiger partial charge is 0.224 e. The molecular weight excluding hydrogens is 180 g/mol. The van der Waals surface area contributed by atoms with Gasteiger partial charge in [-0.3, -0.25) is 9.59 Å². The molecule has 0 aromatic rings. The van der Waals surface area contributed by atoms with Crippen molar-refractivity contribution in [2.75, 3.05) is 13.1 Å². The van der Waals surface area contributed by atoms with Crippen molar-refractivity contribution in [2.45, 2.75) is 32.2 Å². The lowest BCUT2D eigenvalue weighted by Gasteiger charge is -2.16. The van der Waals surface area contributed by atoms with E-state index in [1.54, 1.807) is 0 Å². The molecule has 0 aromatic heterocycles. The fraction of sp³-hybridized carbons (Fsp3) is 0.800. The minimum absolute atomic E-state index is 0.0405. The van der Waals surface area contributed by atoms with E-state index in [1.807, 2.05) is 4.90 Å². The first-order valence-corrected chi connectivity index (χ1v) is 5.20. The van der Waals surface area contributed by atoms with Gasteiger partial charge in [-0.1, -0.05) is 0 Å². The maximum atomic E-state index is 11.5. The van der Waals surface area contributed by atoms with E-state index in [1.165, 1.54) is 19.8 Å². The Balaban J connectivity index is 1.82. The van der Waals surface area contributed by atoms with Gasteiger partial charge >= 0.3 is 0 Å². The first-order chi connectivity index (χ1) is 6.65. The number of nitrogens with one attached hydrogen (secondary N) is 1. The summed E-state index contributed by atoms with van der Waals surface area (Å²) in [5.41, 5.74) is 0. The molecule has 1 heterocycles. The van der Waals surface area contributed by atoms with Crippen LogP contribution >= 0.6 is 0 Å². The lowest BCUT2D eigenvalue weighted by Crippen LogP contribution is -2.36. The van der Waals surface area contributed by atoms with E-state index < -0.39 is 0 Å². The molecule has 1 aliphatic carbocycles. The Labute approximate surface area is 83.6 Å². The Kier molecular flexibility index (Phi) is 2.44. The maximum Gasteiger partial charge on any atom is 0.224 e. The van der Waals surface area contributed by atoms with Crippen molar-refractivity contribution >= 4 is 11.8 Å². The average molecular weight is 196 g/mol. The van der Waals surface area contributed by atoms with Crippen LogP contribution in [0.4, 0.5) is 0 Å². The van der Waals surface area contributed by atoms with Gasteiger partial charge in [0.25, 0.3) is 0 Å². The maximum absolute atomic E-state index is 11.5. The molecule has 78 valence electrons. The van der Waals surface area contributed by atoms with Crippen LogP contribution in [0.3, 0.4) is 0 Å². The minimum atomic E-state index is -0.0453. The quantitative estimate of drug-likeness (QED) is 0.697. The van der Waals surface area contributed by atoms with Crippen LogP contribution in [0.15, 0.2) is 0 Å². The third-order valence-corrected chi connectivity index (χ3v) is 2.80. The Hall–Kier alpha value is -1.06. The van der Waals surface area contributed by atoms with Crippen LogP contribution in [0.5, 0.6) is 0 Å². The number of hydrogen-bond acceptors (Lipinski definition) is 2. The highest BCUT2D eigenvalue weighted by Crippen LogP contribution is 2.30. The summed E-state index contributed by atoms with van der Waals surface area (Å²) in [6.07, 6.45) is 3.00. The number of carbonyl (C=O) groups is 2. The Bertz CT molecular complexity index is 261. The van der Waals surface area contributed by atoms with Gasteiger partial charge in [-0.15, -0.1) is 0 Å². The standard InChI is InChI=1S/C10H16N2O2/c1-7(13)11-9-4-10(14)12(6-9)5-8-2-3-8/h8-9H,2-6H2,1H3,(H,11,13)/t9-/m1/s1. The number of carbonyl (C=O) groups excluding carboxylic acids is 2. The number of rotatable bonds is 3. The number of nitrogens with zero attached hydrogens (tertiary/aromatic N) is 1. The molecule has 0 bridgehead atoms. The Morgan fingerprint density at radius 3 is 2.86 bits per heavy atom. The lowest BCUT2D eigenvalue weighted by atomic mass is 10.2. The summed E-state index contributed by atoms with van der Waals surface area (Å²) < 4.78 is 0. The topological polar surface area (TPSA) is 49.4 Å². The fourth-order valence-corrected chi connectivity index (χ4v) is 1.94. The van der Waals surface area contributed by atoms with E-state index in [0.717, 1.165) is 12.5 Å². The van der Waals surface area contributed by atoms with Crippen LogP contribution in [-0.2, 0) is 9.59 Å². The molecule has 1 N–H and O–H groups in total. The molecule has 1 aliphatic heterocycles. The van der Waals surface area contributed by atoms with Crippen molar-refractivity contribution in [1.82, 2.24) is 10.2 Å². The van der Waals surface area contributed by atoms with Crippen molar-refractivity contribution in [3.8, 4) is 0 Å². The van der Waals surface area contributed by atoms with Gasteiger partial charge in [0.05, 0.1) is 6.04 Å². The molecule has 2 aliphatic rings. The SMILES string of the molecule is CC(=O)N[C@@H]1CC(=O)N(CC2CC2)C1. The summed E-state index contributed by atoms with van der Waals surface area (Å²) >= 11 is 0. The summed E-state index contributed by atoms with van der Waals surface area (Å²) in [6.45, 7) is 3.10. The molecule has 1 saturated heterocycles. The summed E-state index contributed by atoms with van der Waals surface area (Å²) in [5, 5.41) is 2.79. The van der Waals surface area contributed by atoms with Crippen molar-refractivity contribution < 1.29 is 9.59 Å². The first-order valence-electron chi connectivity index (χ1n) is 5.20. The van der Waals surface area contributed by atoms with Crippen molar-refractivity contribution in [1.29, 1.82) is 0 Å². The minimum Gasteiger partial charge on any atom is -0.351 e. The van der Waals surface area contributed by atoms with Crippen LogP contribution in [0.25, 0.3) is 0 Å². The van der Waals surface area contributed by atoms with E-state index in [4.69, 9.17) is 0 Å². The molecule has 0 radical (unpaired) electrons. The van der Waals surface area contributed by atoms with Gasteiger partial charge in [0, 0.05) is 26.4 Å². The highest BCUT2D eigenvalue weighted by Gasteiger charge is 2.33. The van der Waals surface area contributed by atoms with Gasteiger partial charge in [-0.25, -0.2) is 0 Å². The monoisotopic (exact) mass is 196 g/mol. The molecule has 4 nitrogen and oxygen atoms in total. The van der Waals surface area contributed by atoms with Crippen LogP contribution in [0.2, 0.25) is 0 Å². The fourth-order valence-electron chi connectivity index (χ4n) is 1.94. The molecule has 4 heteroatoms. The molecule has 2 amide bonds. The molecule has 2 fully saturated rings. The van der Waals surface area contributed by atoms with Gasteiger partial charge in [-0.2, -0.15) is 0 Å². The van der Waals surface area contributed by atoms with Crippen molar-refractivity contribution in [3.05, 3.63) is 0 Å². The zero-order valence-corrected chi connectivity index (χ0v) is 8.45. The van der Waals surface area contributed by atoms with Crippen LogP contribution < -0.4 is 5.32 Å². The Morgan fingerprint density at radius 2 is 2.29 bits per heavy atom. The molecule has 0 unspecified atom stereocenters. The van der Waals surface area contributed by atoms with E-state index in [9.17, 15) is 9.59 Å². The zero-order chi connectivity index (χ0) is 10.1. The van der Waals surface area contributed by atoms with Gasteiger partial charge in [0.15, 0.2) is 0 Å². The van der Waals surface area contributed by atoms with Gasteiger partial charge in [-0.05, 0) is 18.8 Å². The predicted octanol–water partition coefficient (Wildman–Crippen LogP) is 0.133.